The smallest absolute Gasteiger partial charge is 0.216 e. The van der Waals surface area contributed by atoms with E-state index in [0.29, 0.717) is 11.6 Å². The average Bonchev–Trinajstić information content (AvgIpc) is 3.37. The van der Waals surface area contributed by atoms with Gasteiger partial charge in [0.2, 0.25) is 5.71 Å². The van der Waals surface area contributed by atoms with Crippen LogP contribution >= 0.6 is 0 Å². The van der Waals surface area contributed by atoms with Crippen LogP contribution in [0.25, 0.3) is 44.6 Å². The number of hydrogen-bond donors (Lipinski definition) is 0. The molecule has 4 heterocycles. The number of furan rings is 1. The molecule has 4 aromatic heterocycles. The van der Waals surface area contributed by atoms with Gasteiger partial charge in [-0.1, -0.05) is 95.4 Å². The van der Waals surface area contributed by atoms with Crippen LogP contribution in [0.4, 0.5) is 0 Å². The molecule has 0 N–H and O–H groups in total. The Morgan fingerprint density at radius 2 is 1.60 bits per heavy atom. The minimum absolute atomic E-state index is 0. The van der Waals surface area contributed by atoms with E-state index in [0.717, 1.165) is 56.5 Å². The number of nitrogens with zero attached hydrogens (tertiary/aromatic N) is 3. The molecule has 247 valence electrons. The van der Waals surface area contributed by atoms with Crippen molar-refractivity contribution < 1.29 is 24.5 Å². The summed E-state index contributed by atoms with van der Waals surface area (Å²) in [6.45, 7) is 24.6. The molecular formula is C41H47IrN3OSi-2. The molecule has 0 bridgehead atoms. The SMILES string of the molecule is CC(C)c1cc(-c2[c-]cccc2)ncc1[Si](C)(C)C.Cc1ccc2c(n1)oc1c(-c3cc(CC(C)(C)C)c(C)cn3)[c-]cc(C)c12.[Ir]. The van der Waals surface area contributed by atoms with Gasteiger partial charge in [-0.05, 0) is 65.9 Å². The van der Waals surface area contributed by atoms with Crippen LogP contribution < -0.4 is 5.19 Å². The van der Waals surface area contributed by atoms with Gasteiger partial charge in [-0.3, -0.25) is 0 Å². The van der Waals surface area contributed by atoms with Crippen LogP contribution in [-0.4, -0.2) is 23.0 Å². The molecule has 1 radical (unpaired) electrons. The van der Waals surface area contributed by atoms with Gasteiger partial charge in [-0.2, -0.15) is 0 Å². The van der Waals surface area contributed by atoms with Crippen LogP contribution in [0.15, 0.2) is 71.4 Å². The monoisotopic (exact) mass is 818 g/mol. The van der Waals surface area contributed by atoms with E-state index in [-0.39, 0.29) is 25.5 Å². The molecule has 0 aliphatic heterocycles. The van der Waals surface area contributed by atoms with Crippen LogP contribution in [0, 0.1) is 38.3 Å². The molecule has 47 heavy (non-hydrogen) atoms. The zero-order valence-electron chi connectivity index (χ0n) is 29.7. The van der Waals surface area contributed by atoms with Crippen molar-refractivity contribution in [1.29, 1.82) is 0 Å². The number of aryl methyl sites for hydroxylation is 3. The van der Waals surface area contributed by atoms with Gasteiger partial charge in [0, 0.05) is 43.6 Å². The Hall–Kier alpha value is -3.44. The van der Waals surface area contributed by atoms with Crippen molar-refractivity contribution in [3.8, 4) is 22.5 Å². The zero-order chi connectivity index (χ0) is 33.4. The molecule has 2 aromatic carbocycles. The third kappa shape index (κ3) is 8.35. The first kappa shape index (κ1) is 36.4. The molecule has 0 unspecified atom stereocenters. The summed E-state index contributed by atoms with van der Waals surface area (Å²) < 4.78 is 6.19. The Bertz CT molecular complexity index is 2000. The molecule has 6 aromatic rings. The Kier molecular flexibility index (Phi) is 11.1. The predicted molar refractivity (Wildman–Crippen MR) is 197 cm³/mol. The molecule has 0 atom stereocenters. The van der Waals surface area contributed by atoms with Gasteiger partial charge in [0.25, 0.3) is 0 Å². The maximum Gasteiger partial charge on any atom is 0.216 e. The Balaban J connectivity index is 0.000000221. The zero-order valence-corrected chi connectivity index (χ0v) is 33.1. The number of fused-ring (bicyclic) bond motifs is 3. The third-order valence-corrected chi connectivity index (χ3v) is 10.3. The van der Waals surface area contributed by atoms with Crippen molar-refractivity contribution in [3.63, 3.8) is 0 Å². The molecule has 0 fully saturated rings. The first-order valence-corrected chi connectivity index (χ1v) is 19.8. The molecule has 6 heteroatoms. The topological polar surface area (TPSA) is 51.8 Å². The van der Waals surface area contributed by atoms with E-state index in [2.05, 4.69) is 121 Å². The average molecular weight is 818 g/mol. The van der Waals surface area contributed by atoms with Crippen molar-refractivity contribution in [2.45, 2.75) is 87.4 Å². The quantitative estimate of drug-likeness (QED) is 0.128. The van der Waals surface area contributed by atoms with Gasteiger partial charge >= 0.3 is 0 Å². The second-order valence-electron chi connectivity index (χ2n) is 15.0. The third-order valence-electron chi connectivity index (χ3n) is 8.29. The molecular weight excluding hydrogens is 771 g/mol. The van der Waals surface area contributed by atoms with Gasteiger partial charge in [0.15, 0.2) is 0 Å². The summed E-state index contributed by atoms with van der Waals surface area (Å²) in [4.78, 5) is 13.9. The first-order valence-electron chi connectivity index (χ1n) is 16.3. The molecule has 0 spiro atoms. The number of aromatic nitrogens is 3. The molecule has 0 aliphatic rings. The van der Waals surface area contributed by atoms with Crippen molar-refractivity contribution >= 4 is 35.3 Å². The van der Waals surface area contributed by atoms with E-state index < -0.39 is 8.07 Å². The Morgan fingerprint density at radius 3 is 2.23 bits per heavy atom. The van der Waals surface area contributed by atoms with Gasteiger partial charge in [0.1, 0.15) is 0 Å². The van der Waals surface area contributed by atoms with Crippen molar-refractivity contribution in [2.24, 2.45) is 5.41 Å². The van der Waals surface area contributed by atoms with Crippen molar-refractivity contribution in [3.05, 3.63) is 107 Å². The predicted octanol–water partition coefficient (Wildman–Crippen LogP) is 10.6. The summed E-state index contributed by atoms with van der Waals surface area (Å²) in [5.41, 5.74) is 11.7. The van der Waals surface area contributed by atoms with Gasteiger partial charge in [-0.15, -0.1) is 53.6 Å². The number of hydrogen-bond acceptors (Lipinski definition) is 4. The summed E-state index contributed by atoms with van der Waals surface area (Å²) in [5, 5.41) is 3.62. The summed E-state index contributed by atoms with van der Waals surface area (Å²) in [6.07, 6.45) is 5.06. The fourth-order valence-electron chi connectivity index (χ4n) is 5.89. The maximum atomic E-state index is 6.19. The largest absolute Gasteiger partial charge is 0.486 e. The first-order chi connectivity index (χ1) is 21.6. The molecule has 4 nitrogen and oxygen atoms in total. The van der Waals surface area contributed by atoms with Crippen molar-refractivity contribution in [1.82, 2.24) is 15.0 Å². The Morgan fingerprint density at radius 1 is 0.872 bits per heavy atom. The van der Waals surface area contributed by atoms with Crippen molar-refractivity contribution in [2.75, 3.05) is 0 Å². The fraction of sp³-hybridized carbons (Fsp3) is 0.341. The number of pyridine rings is 3. The summed E-state index contributed by atoms with van der Waals surface area (Å²) in [7, 11) is -1.34. The normalized spacial score (nSPS) is 11.8. The number of benzene rings is 2. The van der Waals surface area contributed by atoms with Crippen LogP contribution in [0.3, 0.4) is 0 Å². The van der Waals surface area contributed by atoms with Crippen LogP contribution in [-0.2, 0) is 26.5 Å². The van der Waals surface area contributed by atoms with Gasteiger partial charge in [-0.25, -0.2) is 4.98 Å². The summed E-state index contributed by atoms with van der Waals surface area (Å²) in [5.74, 6) is 0.534. The molecule has 0 saturated heterocycles. The molecule has 6 rings (SSSR count). The van der Waals surface area contributed by atoms with E-state index in [1.807, 2.05) is 43.5 Å². The van der Waals surface area contributed by atoms with Gasteiger partial charge < -0.3 is 14.4 Å². The summed E-state index contributed by atoms with van der Waals surface area (Å²) in [6, 6.07) is 25.3. The van der Waals surface area contributed by atoms with Crippen LogP contribution in [0.2, 0.25) is 19.6 Å². The maximum absolute atomic E-state index is 6.19. The summed E-state index contributed by atoms with van der Waals surface area (Å²) >= 11 is 0. The van der Waals surface area contributed by atoms with E-state index in [9.17, 15) is 0 Å². The second kappa shape index (κ2) is 14.4. The van der Waals surface area contributed by atoms with E-state index in [1.54, 1.807) is 0 Å². The van der Waals surface area contributed by atoms with E-state index in [1.165, 1.54) is 21.9 Å². The fourth-order valence-corrected chi connectivity index (χ4v) is 7.56. The molecule has 0 saturated carbocycles. The van der Waals surface area contributed by atoms with E-state index in [4.69, 9.17) is 9.40 Å². The van der Waals surface area contributed by atoms with Crippen LogP contribution in [0.5, 0.6) is 0 Å². The van der Waals surface area contributed by atoms with Gasteiger partial charge in [0.05, 0.1) is 13.7 Å². The van der Waals surface area contributed by atoms with Crippen LogP contribution in [0.1, 0.15) is 68.5 Å². The Labute approximate surface area is 295 Å². The standard InChI is InChI=1S/C24H25N2O.C17H22NSi.Ir/c1-14-7-9-18(20-11-17(12-24(4,5)6)15(2)13-25-20)22-21(14)19-10-8-16(3)26-23(19)27-22;1-13(2)15-11-16(14-9-7-6-8-10-14)18-12-17(15)19(3,4)5;/h7-8,10-11,13H,12H2,1-6H3;6-9,11-13H,1-5H3;/q2*-1;. The molecule has 0 amide bonds. The second-order valence-corrected chi connectivity index (χ2v) is 20.1. The van der Waals surface area contributed by atoms with E-state index >= 15 is 0 Å². The molecule has 0 aliphatic carbocycles. The minimum atomic E-state index is -1.34. The number of rotatable bonds is 5. The minimum Gasteiger partial charge on any atom is -0.486 e.